The molecule has 0 bridgehead atoms. The molecule has 1 atom stereocenters. The predicted octanol–water partition coefficient (Wildman–Crippen LogP) is 0.904. The van der Waals surface area contributed by atoms with E-state index < -0.39 is 0 Å². The minimum atomic E-state index is -0.276. The van der Waals surface area contributed by atoms with E-state index >= 15 is 0 Å². The van der Waals surface area contributed by atoms with E-state index in [1.54, 1.807) is 12.4 Å². The summed E-state index contributed by atoms with van der Waals surface area (Å²) in [6.07, 6.45) is 5.64. The number of nitrogens with zero attached hydrogens (tertiary/aromatic N) is 3. The Balaban J connectivity index is 2.01. The minimum absolute atomic E-state index is 0.276. The number of aromatic nitrogens is 2. The van der Waals surface area contributed by atoms with E-state index in [2.05, 4.69) is 30.8 Å². The number of rotatable bonds is 3. The lowest BCUT2D eigenvalue weighted by atomic mass is 9.97. The molecular formula is C11H15BrN4O. The van der Waals surface area contributed by atoms with Crippen LogP contribution >= 0.6 is 15.9 Å². The third-order valence-corrected chi connectivity index (χ3v) is 3.30. The molecule has 2 heterocycles. The van der Waals surface area contributed by atoms with Crippen molar-refractivity contribution in [2.24, 2.45) is 5.73 Å². The van der Waals surface area contributed by atoms with E-state index in [-0.39, 0.29) is 5.91 Å². The summed E-state index contributed by atoms with van der Waals surface area (Å²) >= 11 is 3.32. The van der Waals surface area contributed by atoms with Crippen LogP contribution in [-0.4, -0.2) is 40.4 Å². The number of primary amides is 1. The maximum Gasteiger partial charge on any atom is 0.231 e. The highest BCUT2D eigenvalue weighted by Gasteiger charge is 2.23. The smallest absolute Gasteiger partial charge is 0.231 e. The molecule has 1 aromatic heterocycles. The SMILES string of the molecule is NC(=O)CN1CCCC(c2ncc(Br)cn2)C1. The molecule has 1 amide bonds. The molecule has 0 aromatic carbocycles. The zero-order chi connectivity index (χ0) is 12.3. The average molecular weight is 299 g/mol. The molecule has 17 heavy (non-hydrogen) atoms. The number of halogens is 1. The van der Waals surface area contributed by atoms with Crippen LogP contribution in [0, 0.1) is 0 Å². The summed E-state index contributed by atoms with van der Waals surface area (Å²) < 4.78 is 0.881. The van der Waals surface area contributed by atoms with E-state index in [9.17, 15) is 4.79 Å². The van der Waals surface area contributed by atoms with Gasteiger partial charge in [0.15, 0.2) is 0 Å². The number of carbonyl (C=O) groups is 1. The lowest BCUT2D eigenvalue weighted by Crippen LogP contribution is -2.40. The predicted molar refractivity (Wildman–Crippen MR) is 67.3 cm³/mol. The zero-order valence-corrected chi connectivity index (χ0v) is 11.1. The van der Waals surface area contributed by atoms with Crippen LogP contribution < -0.4 is 5.73 Å². The van der Waals surface area contributed by atoms with Crippen molar-refractivity contribution in [3.05, 3.63) is 22.7 Å². The van der Waals surface area contributed by atoms with E-state index in [0.29, 0.717) is 12.5 Å². The maximum atomic E-state index is 10.9. The zero-order valence-electron chi connectivity index (χ0n) is 9.47. The van der Waals surface area contributed by atoms with Gasteiger partial charge in [-0.3, -0.25) is 9.69 Å². The number of amides is 1. The summed E-state index contributed by atoms with van der Waals surface area (Å²) in [5, 5.41) is 0. The van der Waals surface area contributed by atoms with Crippen LogP contribution in [0.3, 0.4) is 0 Å². The molecule has 0 spiro atoms. The van der Waals surface area contributed by atoms with Crippen LogP contribution in [0.5, 0.6) is 0 Å². The van der Waals surface area contributed by atoms with Gasteiger partial charge in [0.05, 0.1) is 11.0 Å². The van der Waals surface area contributed by atoms with E-state index in [0.717, 1.165) is 36.2 Å². The Labute approximate surface area is 109 Å². The molecule has 1 aliphatic heterocycles. The van der Waals surface area contributed by atoms with Crippen molar-refractivity contribution in [2.45, 2.75) is 18.8 Å². The summed E-state index contributed by atoms with van der Waals surface area (Å²) in [6, 6.07) is 0. The van der Waals surface area contributed by atoms with Gasteiger partial charge in [-0.05, 0) is 35.3 Å². The van der Waals surface area contributed by atoms with Gasteiger partial charge in [-0.2, -0.15) is 0 Å². The molecule has 2 N–H and O–H groups in total. The van der Waals surface area contributed by atoms with E-state index in [1.165, 1.54) is 0 Å². The van der Waals surface area contributed by atoms with Gasteiger partial charge in [-0.25, -0.2) is 9.97 Å². The monoisotopic (exact) mass is 298 g/mol. The van der Waals surface area contributed by atoms with Crippen LogP contribution in [0.25, 0.3) is 0 Å². The van der Waals surface area contributed by atoms with Crippen LogP contribution in [0.2, 0.25) is 0 Å². The van der Waals surface area contributed by atoms with Crippen molar-refractivity contribution >= 4 is 21.8 Å². The van der Waals surface area contributed by atoms with E-state index in [1.807, 2.05) is 0 Å². The normalized spacial score (nSPS) is 21.4. The molecule has 1 aromatic rings. The molecular weight excluding hydrogens is 284 g/mol. The molecule has 0 radical (unpaired) electrons. The highest BCUT2D eigenvalue weighted by Crippen LogP contribution is 2.24. The minimum Gasteiger partial charge on any atom is -0.369 e. The average Bonchev–Trinajstić information content (AvgIpc) is 2.29. The standard InChI is InChI=1S/C11H15BrN4O/c12-9-4-14-11(15-5-9)8-2-1-3-16(6-8)7-10(13)17/h4-5,8H,1-3,6-7H2,(H2,13,17). The summed E-state index contributed by atoms with van der Waals surface area (Å²) in [5.41, 5.74) is 5.21. The van der Waals surface area contributed by atoms with Gasteiger partial charge in [0.2, 0.25) is 5.91 Å². The Bertz CT molecular complexity index is 395. The molecule has 0 saturated carbocycles. The molecule has 2 rings (SSSR count). The molecule has 1 fully saturated rings. The van der Waals surface area contributed by atoms with Crippen LogP contribution in [0.15, 0.2) is 16.9 Å². The lowest BCUT2D eigenvalue weighted by Gasteiger charge is -2.30. The number of hydrogen-bond donors (Lipinski definition) is 1. The summed E-state index contributed by atoms with van der Waals surface area (Å²) in [6.45, 7) is 2.06. The lowest BCUT2D eigenvalue weighted by molar-refractivity contribution is -0.119. The van der Waals surface area contributed by atoms with Crippen molar-refractivity contribution in [2.75, 3.05) is 19.6 Å². The van der Waals surface area contributed by atoms with Crippen molar-refractivity contribution in [1.29, 1.82) is 0 Å². The first-order chi connectivity index (χ1) is 8.15. The van der Waals surface area contributed by atoms with Gasteiger partial charge in [0.25, 0.3) is 0 Å². The topological polar surface area (TPSA) is 72.1 Å². The van der Waals surface area contributed by atoms with Gasteiger partial charge in [0.1, 0.15) is 5.82 Å². The van der Waals surface area contributed by atoms with Gasteiger partial charge < -0.3 is 5.73 Å². The second kappa shape index (κ2) is 5.55. The quantitative estimate of drug-likeness (QED) is 0.900. The highest BCUT2D eigenvalue weighted by atomic mass is 79.9. The Morgan fingerprint density at radius 3 is 2.88 bits per heavy atom. The fourth-order valence-corrected chi connectivity index (χ4v) is 2.37. The van der Waals surface area contributed by atoms with Crippen molar-refractivity contribution in [3.8, 4) is 0 Å². The van der Waals surface area contributed by atoms with Gasteiger partial charge in [-0.1, -0.05) is 0 Å². The fourth-order valence-electron chi connectivity index (χ4n) is 2.16. The van der Waals surface area contributed by atoms with Crippen LogP contribution in [-0.2, 0) is 4.79 Å². The third kappa shape index (κ3) is 3.47. The van der Waals surface area contributed by atoms with Crippen molar-refractivity contribution < 1.29 is 4.79 Å². The molecule has 0 aliphatic carbocycles. The summed E-state index contributed by atoms with van der Waals surface area (Å²) in [7, 11) is 0. The molecule has 1 aliphatic rings. The second-order valence-corrected chi connectivity index (χ2v) is 5.22. The summed E-state index contributed by atoms with van der Waals surface area (Å²) in [5.74, 6) is 0.876. The highest BCUT2D eigenvalue weighted by molar-refractivity contribution is 9.10. The first kappa shape index (κ1) is 12.4. The Morgan fingerprint density at radius 2 is 2.24 bits per heavy atom. The first-order valence-electron chi connectivity index (χ1n) is 5.63. The van der Waals surface area contributed by atoms with Gasteiger partial charge in [0, 0.05) is 24.9 Å². The van der Waals surface area contributed by atoms with Crippen molar-refractivity contribution in [1.82, 2.24) is 14.9 Å². The number of hydrogen-bond acceptors (Lipinski definition) is 4. The van der Waals surface area contributed by atoms with E-state index in [4.69, 9.17) is 5.73 Å². The number of likely N-dealkylation sites (tertiary alicyclic amines) is 1. The van der Waals surface area contributed by atoms with Crippen molar-refractivity contribution in [3.63, 3.8) is 0 Å². The van der Waals surface area contributed by atoms with Gasteiger partial charge in [-0.15, -0.1) is 0 Å². The molecule has 6 heteroatoms. The Hall–Kier alpha value is -1.01. The van der Waals surface area contributed by atoms with Gasteiger partial charge >= 0.3 is 0 Å². The summed E-state index contributed by atoms with van der Waals surface area (Å²) in [4.78, 5) is 21.6. The Morgan fingerprint density at radius 1 is 1.53 bits per heavy atom. The second-order valence-electron chi connectivity index (χ2n) is 4.30. The molecule has 1 unspecified atom stereocenters. The number of carbonyl (C=O) groups excluding carboxylic acids is 1. The maximum absolute atomic E-state index is 10.9. The molecule has 92 valence electrons. The Kier molecular flexibility index (Phi) is 4.06. The fraction of sp³-hybridized carbons (Fsp3) is 0.545. The van der Waals surface area contributed by atoms with Crippen LogP contribution in [0.4, 0.5) is 0 Å². The third-order valence-electron chi connectivity index (χ3n) is 2.89. The number of nitrogens with two attached hydrogens (primary N) is 1. The van der Waals surface area contributed by atoms with Crippen LogP contribution in [0.1, 0.15) is 24.6 Å². The molecule has 1 saturated heterocycles. The first-order valence-corrected chi connectivity index (χ1v) is 6.42. The number of piperidine rings is 1. The largest absolute Gasteiger partial charge is 0.369 e. The molecule has 5 nitrogen and oxygen atoms in total.